The highest BCUT2D eigenvalue weighted by Crippen LogP contribution is 2.39. The molecule has 0 radical (unpaired) electrons. The Morgan fingerprint density at radius 3 is 2.67 bits per heavy atom. The molecule has 1 aliphatic heterocycles. The van der Waals surface area contributed by atoms with Crippen LogP contribution in [0.2, 0.25) is 0 Å². The van der Waals surface area contributed by atoms with E-state index in [9.17, 15) is 4.79 Å². The van der Waals surface area contributed by atoms with Crippen molar-refractivity contribution in [1.82, 2.24) is 0 Å². The number of rotatable bonds is 3. The summed E-state index contributed by atoms with van der Waals surface area (Å²) in [5.41, 5.74) is 7.50. The fourth-order valence-corrected chi connectivity index (χ4v) is 3.49. The predicted octanol–water partition coefficient (Wildman–Crippen LogP) is 2.81. The van der Waals surface area contributed by atoms with Crippen LogP contribution in [0.15, 0.2) is 0 Å². The van der Waals surface area contributed by atoms with Crippen LogP contribution < -0.4 is 10.6 Å². The second-order valence-corrected chi connectivity index (χ2v) is 5.57. The third-order valence-corrected chi connectivity index (χ3v) is 4.45. The first kappa shape index (κ1) is 13.2. The minimum absolute atomic E-state index is 0.299. The minimum Gasteiger partial charge on any atom is -0.462 e. The second kappa shape index (κ2) is 5.61. The molecule has 2 N–H and O–H groups in total. The highest BCUT2D eigenvalue weighted by molar-refractivity contribution is 7.20. The third kappa shape index (κ3) is 2.46. The SMILES string of the molecule is CCOC(=O)c1c(N)sc(N2CCCCC2)c1C. The standard InChI is InChI=1S/C13H20N2O2S/c1-3-17-13(16)10-9(2)12(18-11(10)14)15-7-5-4-6-8-15/h3-8,14H2,1-2H3. The maximum atomic E-state index is 11.9. The molecule has 1 aromatic rings. The van der Waals surface area contributed by atoms with Crippen molar-refractivity contribution in [3.05, 3.63) is 11.1 Å². The molecule has 18 heavy (non-hydrogen) atoms. The van der Waals surface area contributed by atoms with Gasteiger partial charge in [-0.3, -0.25) is 0 Å². The van der Waals surface area contributed by atoms with Gasteiger partial charge in [-0.15, -0.1) is 11.3 Å². The van der Waals surface area contributed by atoms with E-state index in [1.165, 1.54) is 30.6 Å². The molecule has 2 rings (SSSR count). The summed E-state index contributed by atoms with van der Waals surface area (Å²) in [7, 11) is 0. The first-order chi connectivity index (χ1) is 8.65. The van der Waals surface area contributed by atoms with Gasteiger partial charge in [0.1, 0.15) is 5.00 Å². The number of carbonyl (C=O) groups excluding carboxylic acids is 1. The lowest BCUT2D eigenvalue weighted by molar-refractivity contribution is 0.0527. The lowest BCUT2D eigenvalue weighted by Gasteiger charge is -2.28. The van der Waals surface area contributed by atoms with Crippen LogP contribution in [0, 0.1) is 6.92 Å². The van der Waals surface area contributed by atoms with Gasteiger partial charge in [0.2, 0.25) is 0 Å². The molecule has 1 saturated heterocycles. The molecule has 1 aromatic heterocycles. The summed E-state index contributed by atoms with van der Waals surface area (Å²) < 4.78 is 5.06. The Bertz CT molecular complexity index is 436. The zero-order chi connectivity index (χ0) is 13.1. The minimum atomic E-state index is -0.299. The van der Waals surface area contributed by atoms with Gasteiger partial charge in [-0.25, -0.2) is 4.79 Å². The van der Waals surface area contributed by atoms with Gasteiger partial charge in [-0.1, -0.05) is 0 Å². The van der Waals surface area contributed by atoms with Crippen LogP contribution in [0.1, 0.15) is 42.1 Å². The number of piperidine rings is 1. The Balaban J connectivity index is 2.27. The predicted molar refractivity (Wildman–Crippen MR) is 75.5 cm³/mol. The first-order valence-electron chi connectivity index (χ1n) is 6.46. The molecule has 4 nitrogen and oxygen atoms in total. The molecule has 1 fully saturated rings. The highest BCUT2D eigenvalue weighted by atomic mass is 32.1. The molecule has 0 unspecified atom stereocenters. The number of carbonyl (C=O) groups is 1. The van der Waals surface area contributed by atoms with E-state index < -0.39 is 0 Å². The van der Waals surface area contributed by atoms with Crippen molar-refractivity contribution in [1.29, 1.82) is 0 Å². The Kier molecular flexibility index (Phi) is 4.11. The maximum Gasteiger partial charge on any atom is 0.341 e. The molecule has 2 heterocycles. The van der Waals surface area contributed by atoms with Crippen LogP contribution in [-0.2, 0) is 4.74 Å². The van der Waals surface area contributed by atoms with E-state index in [0.717, 1.165) is 23.7 Å². The number of nitrogens with zero attached hydrogens (tertiary/aromatic N) is 1. The average molecular weight is 268 g/mol. The van der Waals surface area contributed by atoms with Crippen molar-refractivity contribution >= 4 is 27.3 Å². The van der Waals surface area contributed by atoms with Crippen molar-refractivity contribution in [2.45, 2.75) is 33.1 Å². The van der Waals surface area contributed by atoms with E-state index >= 15 is 0 Å². The molecule has 0 aromatic carbocycles. The fraction of sp³-hybridized carbons (Fsp3) is 0.615. The van der Waals surface area contributed by atoms with E-state index in [1.54, 1.807) is 6.92 Å². The summed E-state index contributed by atoms with van der Waals surface area (Å²) in [5, 5.41) is 1.71. The van der Waals surface area contributed by atoms with Crippen molar-refractivity contribution in [3.63, 3.8) is 0 Å². The maximum absolute atomic E-state index is 11.9. The van der Waals surface area contributed by atoms with E-state index in [1.807, 2.05) is 6.92 Å². The normalized spacial score (nSPS) is 15.8. The molecule has 5 heteroatoms. The second-order valence-electron chi connectivity index (χ2n) is 4.54. The van der Waals surface area contributed by atoms with Crippen LogP contribution in [-0.4, -0.2) is 25.7 Å². The summed E-state index contributed by atoms with van der Waals surface area (Å²) in [5.74, 6) is -0.299. The van der Waals surface area contributed by atoms with E-state index in [0.29, 0.717) is 17.2 Å². The quantitative estimate of drug-likeness (QED) is 0.856. The molecule has 0 aliphatic carbocycles. The number of ether oxygens (including phenoxy) is 1. The summed E-state index contributed by atoms with van der Waals surface area (Å²) >= 11 is 1.50. The molecule has 0 spiro atoms. The number of hydrogen-bond acceptors (Lipinski definition) is 5. The summed E-state index contributed by atoms with van der Waals surface area (Å²) in [4.78, 5) is 14.2. The molecule has 0 bridgehead atoms. The molecule has 1 aliphatic rings. The fourth-order valence-electron chi connectivity index (χ4n) is 2.38. The van der Waals surface area contributed by atoms with E-state index in [-0.39, 0.29) is 5.97 Å². The first-order valence-corrected chi connectivity index (χ1v) is 7.27. The van der Waals surface area contributed by atoms with Gasteiger partial charge in [0.15, 0.2) is 0 Å². The lowest BCUT2D eigenvalue weighted by Crippen LogP contribution is -2.29. The van der Waals surface area contributed by atoms with Crippen LogP contribution in [0.4, 0.5) is 10.0 Å². The number of nitrogen functional groups attached to an aromatic ring is 1. The smallest absolute Gasteiger partial charge is 0.341 e. The molecular formula is C13H20N2O2S. The highest BCUT2D eigenvalue weighted by Gasteiger charge is 2.24. The zero-order valence-electron chi connectivity index (χ0n) is 11.0. The zero-order valence-corrected chi connectivity index (χ0v) is 11.8. The lowest BCUT2D eigenvalue weighted by atomic mass is 10.1. The monoisotopic (exact) mass is 268 g/mol. The Hall–Kier alpha value is -1.23. The largest absolute Gasteiger partial charge is 0.462 e. The van der Waals surface area contributed by atoms with Crippen molar-refractivity contribution in [3.8, 4) is 0 Å². The van der Waals surface area contributed by atoms with Crippen LogP contribution in [0.3, 0.4) is 0 Å². The molecule has 0 saturated carbocycles. The van der Waals surface area contributed by atoms with Crippen LogP contribution >= 0.6 is 11.3 Å². The molecular weight excluding hydrogens is 248 g/mol. The van der Waals surface area contributed by atoms with Gasteiger partial charge in [-0.05, 0) is 33.1 Å². The van der Waals surface area contributed by atoms with Gasteiger partial charge in [0, 0.05) is 18.7 Å². The molecule has 0 atom stereocenters. The van der Waals surface area contributed by atoms with Gasteiger partial charge in [0.25, 0.3) is 0 Å². The summed E-state index contributed by atoms with van der Waals surface area (Å²) in [6, 6.07) is 0. The number of hydrogen-bond donors (Lipinski definition) is 1. The van der Waals surface area contributed by atoms with E-state index in [2.05, 4.69) is 4.90 Å². The van der Waals surface area contributed by atoms with Gasteiger partial charge >= 0.3 is 5.97 Å². The van der Waals surface area contributed by atoms with Crippen LogP contribution in [0.5, 0.6) is 0 Å². The third-order valence-electron chi connectivity index (χ3n) is 3.27. The van der Waals surface area contributed by atoms with Crippen molar-refractivity contribution in [2.24, 2.45) is 0 Å². The Morgan fingerprint density at radius 1 is 1.39 bits per heavy atom. The number of esters is 1. The Morgan fingerprint density at radius 2 is 2.06 bits per heavy atom. The average Bonchev–Trinajstić information content (AvgIpc) is 2.66. The molecule has 100 valence electrons. The Labute approximate surface area is 112 Å². The van der Waals surface area contributed by atoms with Gasteiger partial charge < -0.3 is 15.4 Å². The van der Waals surface area contributed by atoms with Gasteiger partial charge in [-0.2, -0.15) is 0 Å². The van der Waals surface area contributed by atoms with Crippen LogP contribution in [0.25, 0.3) is 0 Å². The van der Waals surface area contributed by atoms with Crippen molar-refractivity contribution < 1.29 is 9.53 Å². The molecule has 0 amide bonds. The summed E-state index contributed by atoms with van der Waals surface area (Å²) in [6.07, 6.45) is 3.72. The summed E-state index contributed by atoms with van der Waals surface area (Å²) in [6.45, 7) is 6.27. The topological polar surface area (TPSA) is 55.6 Å². The number of nitrogens with two attached hydrogens (primary N) is 1. The number of thiophene rings is 1. The van der Waals surface area contributed by atoms with Gasteiger partial charge in [0.05, 0.1) is 17.2 Å². The number of anilines is 2. The van der Waals surface area contributed by atoms with Crippen molar-refractivity contribution in [2.75, 3.05) is 30.3 Å². The van der Waals surface area contributed by atoms with E-state index in [4.69, 9.17) is 10.5 Å².